The molecule has 1 aliphatic heterocycles. The van der Waals surface area contributed by atoms with Crippen molar-refractivity contribution in [1.82, 2.24) is 0 Å². The lowest BCUT2D eigenvalue weighted by Gasteiger charge is -2.31. The number of aliphatic imine (C=N–C) groups is 1. The van der Waals surface area contributed by atoms with Crippen molar-refractivity contribution >= 4 is 29.1 Å². The Morgan fingerprint density at radius 2 is 1.87 bits per heavy atom. The molecule has 1 aliphatic rings. The number of benzene rings is 2. The van der Waals surface area contributed by atoms with Crippen LogP contribution < -0.4 is 10.1 Å². The highest BCUT2D eigenvalue weighted by molar-refractivity contribution is 8.03. The Morgan fingerprint density at radius 3 is 2.53 bits per heavy atom. The van der Waals surface area contributed by atoms with Gasteiger partial charge in [-0.1, -0.05) is 43.3 Å². The summed E-state index contributed by atoms with van der Waals surface area (Å²) < 4.78 is 5.85. The number of allylic oxidation sites excluding steroid dienone is 1. The monoisotopic (exact) mass is 419 g/mol. The number of nitriles is 1. The number of thioether (sulfide) groups is 1. The number of amides is 1. The van der Waals surface area contributed by atoms with Crippen LogP contribution in [0.25, 0.3) is 0 Å². The van der Waals surface area contributed by atoms with E-state index >= 15 is 0 Å². The van der Waals surface area contributed by atoms with Crippen LogP contribution in [0.2, 0.25) is 0 Å². The minimum atomic E-state index is -0.609. The molecule has 0 saturated heterocycles. The zero-order valence-electron chi connectivity index (χ0n) is 17.4. The summed E-state index contributed by atoms with van der Waals surface area (Å²) in [5.74, 6) is 0.214. The van der Waals surface area contributed by atoms with Gasteiger partial charge in [-0.05, 0) is 37.8 Å². The third-order valence-corrected chi connectivity index (χ3v) is 5.76. The van der Waals surface area contributed by atoms with Gasteiger partial charge in [-0.25, -0.2) is 4.99 Å². The van der Waals surface area contributed by atoms with Crippen molar-refractivity contribution < 1.29 is 9.53 Å². The normalized spacial score (nSPS) is 18.4. The van der Waals surface area contributed by atoms with Crippen molar-refractivity contribution in [3.05, 3.63) is 70.8 Å². The van der Waals surface area contributed by atoms with Gasteiger partial charge in [0.2, 0.25) is 5.91 Å². The summed E-state index contributed by atoms with van der Waals surface area (Å²) in [5.41, 5.74) is 2.73. The molecule has 30 heavy (non-hydrogen) atoms. The summed E-state index contributed by atoms with van der Waals surface area (Å²) in [6, 6.07) is 19.3. The van der Waals surface area contributed by atoms with E-state index in [-0.39, 0.29) is 5.91 Å². The largest absolute Gasteiger partial charge is 0.494 e. The molecule has 5 nitrogen and oxygen atoms in total. The zero-order chi connectivity index (χ0) is 21.5. The molecule has 1 N–H and O–H groups in total. The van der Waals surface area contributed by atoms with Crippen LogP contribution in [0.1, 0.15) is 32.3 Å². The number of carbonyl (C=O) groups is 1. The quantitative estimate of drug-likeness (QED) is 0.653. The fourth-order valence-electron chi connectivity index (χ4n) is 3.64. The summed E-state index contributed by atoms with van der Waals surface area (Å²) in [6.45, 7) is 6.30. The summed E-state index contributed by atoms with van der Waals surface area (Å²) in [5, 5.41) is 13.7. The van der Waals surface area contributed by atoms with E-state index < -0.39 is 11.8 Å². The molecule has 2 atom stereocenters. The number of hydrogen-bond donors (Lipinski definition) is 1. The van der Waals surface area contributed by atoms with E-state index in [1.165, 1.54) is 11.8 Å². The molecule has 2 aromatic carbocycles. The van der Waals surface area contributed by atoms with Gasteiger partial charge in [0, 0.05) is 22.9 Å². The molecule has 0 aliphatic carbocycles. The van der Waals surface area contributed by atoms with E-state index in [2.05, 4.69) is 16.4 Å². The van der Waals surface area contributed by atoms with Gasteiger partial charge in [0.05, 0.1) is 24.2 Å². The molecule has 0 saturated carbocycles. The lowest BCUT2D eigenvalue weighted by atomic mass is 9.76. The second-order valence-corrected chi connectivity index (χ2v) is 8.05. The van der Waals surface area contributed by atoms with Crippen LogP contribution in [0.3, 0.4) is 0 Å². The molecule has 2 aromatic rings. The van der Waals surface area contributed by atoms with Gasteiger partial charge in [0.25, 0.3) is 0 Å². The van der Waals surface area contributed by atoms with Crippen LogP contribution in [0.15, 0.2) is 70.2 Å². The Hall–Kier alpha value is -3.04. The van der Waals surface area contributed by atoms with Gasteiger partial charge < -0.3 is 10.1 Å². The van der Waals surface area contributed by atoms with Gasteiger partial charge in [-0.2, -0.15) is 5.26 Å². The molecule has 1 heterocycles. The highest BCUT2D eigenvalue weighted by Gasteiger charge is 2.40. The maximum atomic E-state index is 13.4. The summed E-state index contributed by atoms with van der Waals surface area (Å²) in [4.78, 5) is 18.0. The SMILES string of the molecule is CCOc1ccccc1[C@@H]1C(C#N)=C(SCC)N=C(C)[C@H]1C(=O)Nc1ccccc1. The van der Waals surface area contributed by atoms with Gasteiger partial charge in [-0.15, -0.1) is 11.8 Å². The third kappa shape index (κ3) is 4.58. The number of anilines is 1. The number of para-hydroxylation sites is 2. The Kier molecular flexibility index (Phi) is 7.31. The number of ether oxygens (including phenoxy) is 1. The average molecular weight is 420 g/mol. The highest BCUT2D eigenvalue weighted by atomic mass is 32.2. The second kappa shape index (κ2) is 10.1. The molecule has 3 rings (SSSR count). The van der Waals surface area contributed by atoms with Crippen molar-refractivity contribution in [2.75, 3.05) is 17.7 Å². The van der Waals surface area contributed by atoms with E-state index in [9.17, 15) is 10.1 Å². The van der Waals surface area contributed by atoms with Crippen LogP contribution >= 0.6 is 11.8 Å². The van der Waals surface area contributed by atoms with E-state index in [0.29, 0.717) is 34.4 Å². The lowest BCUT2D eigenvalue weighted by molar-refractivity contribution is -0.118. The fraction of sp³-hybridized carbons (Fsp3) is 0.292. The van der Waals surface area contributed by atoms with Crippen LogP contribution in [0.5, 0.6) is 5.75 Å². The summed E-state index contributed by atoms with van der Waals surface area (Å²) in [6.07, 6.45) is 0. The zero-order valence-corrected chi connectivity index (χ0v) is 18.2. The second-order valence-electron chi connectivity index (χ2n) is 6.80. The van der Waals surface area contributed by atoms with Gasteiger partial charge in [0.15, 0.2) is 0 Å². The topological polar surface area (TPSA) is 74.5 Å². The van der Waals surface area contributed by atoms with E-state index in [1.54, 1.807) is 0 Å². The van der Waals surface area contributed by atoms with Crippen LogP contribution in [-0.4, -0.2) is 24.0 Å². The van der Waals surface area contributed by atoms with Crippen molar-refractivity contribution in [2.45, 2.75) is 26.7 Å². The first-order chi connectivity index (χ1) is 14.6. The highest BCUT2D eigenvalue weighted by Crippen LogP contribution is 2.44. The van der Waals surface area contributed by atoms with Gasteiger partial charge in [0.1, 0.15) is 10.8 Å². The molecular weight excluding hydrogens is 394 g/mol. The molecule has 0 unspecified atom stereocenters. The molecule has 6 heteroatoms. The Morgan fingerprint density at radius 1 is 1.17 bits per heavy atom. The number of carbonyl (C=O) groups excluding carboxylic acids is 1. The minimum Gasteiger partial charge on any atom is -0.494 e. The maximum absolute atomic E-state index is 13.4. The third-order valence-electron chi connectivity index (χ3n) is 4.88. The minimum absolute atomic E-state index is 0.188. The standard InChI is InChI=1S/C24H25N3O2S/c1-4-29-20-14-10-9-13-18(20)22-19(15-25)24(30-5-2)26-16(3)21(22)23(28)27-17-11-7-6-8-12-17/h6-14,21-22H,4-5H2,1-3H3,(H,27,28)/t21-,22-/m1/s1. The Balaban J connectivity index is 2.11. The first-order valence-corrected chi connectivity index (χ1v) is 11.0. The average Bonchev–Trinajstić information content (AvgIpc) is 2.75. The van der Waals surface area contributed by atoms with Crippen LogP contribution in [0.4, 0.5) is 5.69 Å². The number of nitrogens with one attached hydrogen (secondary N) is 1. The first-order valence-electron chi connectivity index (χ1n) is 10.0. The number of rotatable bonds is 7. The molecule has 0 bridgehead atoms. The van der Waals surface area contributed by atoms with Gasteiger partial charge >= 0.3 is 0 Å². The summed E-state index contributed by atoms with van der Waals surface area (Å²) >= 11 is 1.52. The summed E-state index contributed by atoms with van der Waals surface area (Å²) in [7, 11) is 0. The first kappa shape index (κ1) is 21.7. The molecule has 0 fully saturated rings. The smallest absolute Gasteiger partial charge is 0.234 e. The number of nitrogens with zero attached hydrogens (tertiary/aromatic N) is 2. The molecular formula is C24H25N3O2S. The molecule has 1 amide bonds. The van der Waals surface area contributed by atoms with Crippen LogP contribution in [-0.2, 0) is 4.79 Å². The van der Waals surface area contributed by atoms with E-state index in [1.807, 2.05) is 75.4 Å². The van der Waals surface area contributed by atoms with Crippen LogP contribution in [0, 0.1) is 17.2 Å². The van der Waals surface area contributed by atoms with Gasteiger partial charge in [-0.3, -0.25) is 4.79 Å². The van der Waals surface area contributed by atoms with Crippen molar-refractivity contribution in [3.63, 3.8) is 0 Å². The maximum Gasteiger partial charge on any atom is 0.234 e. The molecule has 0 radical (unpaired) electrons. The fourth-order valence-corrected chi connectivity index (χ4v) is 4.45. The predicted molar refractivity (Wildman–Crippen MR) is 123 cm³/mol. The molecule has 0 aromatic heterocycles. The Labute approximate surface area is 181 Å². The molecule has 154 valence electrons. The van der Waals surface area contributed by atoms with Crippen molar-refractivity contribution in [1.29, 1.82) is 5.26 Å². The lowest BCUT2D eigenvalue weighted by Crippen LogP contribution is -2.36. The molecule has 0 spiro atoms. The number of hydrogen-bond acceptors (Lipinski definition) is 5. The predicted octanol–water partition coefficient (Wildman–Crippen LogP) is 5.39. The van der Waals surface area contributed by atoms with Crippen molar-refractivity contribution in [2.24, 2.45) is 10.9 Å². The van der Waals surface area contributed by atoms with E-state index in [0.717, 1.165) is 11.3 Å². The van der Waals surface area contributed by atoms with Crippen molar-refractivity contribution in [3.8, 4) is 11.8 Å². The Bertz CT molecular complexity index is 1010. The van der Waals surface area contributed by atoms with E-state index in [4.69, 9.17) is 4.74 Å².